The first kappa shape index (κ1) is 16.4. The third-order valence-corrected chi connectivity index (χ3v) is 4.61. The highest BCUT2D eigenvalue weighted by Crippen LogP contribution is 2.42. The highest BCUT2D eigenvalue weighted by Gasteiger charge is 2.37. The van der Waals surface area contributed by atoms with Crippen molar-refractivity contribution in [1.29, 1.82) is 0 Å². The molecule has 1 N–H and O–H groups in total. The molecule has 0 amide bonds. The van der Waals surface area contributed by atoms with Gasteiger partial charge in [0, 0.05) is 6.20 Å². The van der Waals surface area contributed by atoms with Gasteiger partial charge in [0.25, 0.3) is 0 Å². The maximum atomic E-state index is 12.5. The quantitative estimate of drug-likeness (QED) is 0.845. The van der Waals surface area contributed by atoms with Crippen molar-refractivity contribution in [3.05, 3.63) is 46.6 Å². The van der Waals surface area contributed by atoms with Gasteiger partial charge in [-0.3, -0.25) is 0 Å². The van der Waals surface area contributed by atoms with E-state index in [2.05, 4.69) is 4.99 Å². The van der Waals surface area contributed by atoms with Crippen molar-refractivity contribution in [1.82, 2.24) is 4.90 Å². The number of allylic oxidation sites excluding steroid dienone is 1. The number of aliphatic imine (C=N–C) groups is 1. The number of benzene rings is 1. The molecule has 3 rings (SSSR count). The fourth-order valence-electron chi connectivity index (χ4n) is 2.76. The van der Waals surface area contributed by atoms with Crippen molar-refractivity contribution in [3.63, 3.8) is 0 Å². The number of esters is 1. The average Bonchev–Trinajstić information content (AvgIpc) is 3.02. The van der Waals surface area contributed by atoms with Gasteiger partial charge >= 0.3 is 5.97 Å². The molecular weight excluding hydrogens is 328 g/mol. The highest BCUT2D eigenvalue weighted by molar-refractivity contribution is 8.16. The van der Waals surface area contributed by atoms with Crippen molar-refractivity contribution in [2.75, 3.05) is 13.7 Å². The van der Waals surface area contributed by atoms with Gasteiger partial charge in [-0.2, -0.15) is 0 Å². The Hall–Kier alpha value is -2.41. The number of phenolic OH excluding ortho intramolecular Hbond substituents is 1. The zero-order valence-corrected chi connectivity index (χ0v) is 14.5. The van der Waals surface area contributed by atoms with Crippen LogP contribution in [0.15, 0.2) is 46.1 Å². The molecule has 6 nitrogen and oxygen atoms in total. The van der Waals surface area contributed by atoms with E-state index in [1.165, 1.54) is 18.9 Å². The molecule has 7 heteroatoms. The Kier molecular flexibility index (Phi) is 4.53. The molecule has 1 atom stereocenters. The summed E-state index contributed by atoms with van der Waals surface area (Å²) in [6, 6.07) is 4.68. The van der Waals surface area contributed by atoms with Crippen molar-refractivity contribution < 1.29 is 19.4 Å². The first-order valence-corrected chi connectivity index (χ1v) is 8.40. The normalized spacial score (nSPS) is 19.2. The van der Waals surface area contributed by atoms with Gasteiger partial charge in [0.05, 0.1) is 31.0 Å². The number of carbonyl (C=O) groups excluding carboxylic acids is 1. The predicted molar refractivity (Wildman–Crippen MR) is 92.7 cm³/mol. The molecule has 0 spiro atoms. The summed E-state index contributed by atoms with van der Waals surface area (Å²) < 4.78 is 10.4. The van der Waals surface area contributed by atoms with Crippen LogP contribution in [0.1, 0.15) is 25.5 Å². The third-order valence-electron chi connectivity index (χ3n) is 3.84. The topological polar surface area (TPSA) is 71.4 Å². The van der Waals surface area contributed by atoms with E-state index in [-0.39, 0.29) is 17.8 Å². The van der Waals surface area contributed by atoms with Crippen LogP contribution in [0, 0.1) is 0 Å². The molecule has 2 aliphatic rings. The first-order chi connectivity index (χ1) is 11.6. The summed E-state index contributed by atoms with van der Waals surface area (Å²) in [4.78, 5) is 18.9. The number of methoxy groups -OCH3 is 1. The number of rotatable bonds is 4. The average molecular weight is 346 g/mol. The SMILES string of the molecule is CCOC(=O)C1=C(C)N=C2SC=CN2C1c1ccc(O)c(OC)c1. The minimum atomic E-state index is -0.389. The van der Waals surface area contributed by atoms with Gasteiger partial charge in [-0.25, -0.2) is 9.79 Å². The van der Waals surface area contributed by atoms with E-state index in [0.29, 0.717) is 23.6 Å². The Morgan fingerprint density at radius 1 is 1.46 bits per heavy atom. The van der Waals surface area contributed by atoms with Crippen LogP contribution < -0.4 is 4.74 Å². The lowest BCUT2D eigenvalue weighted by atomic mass is 9.94. The zero-order chi connectivity index (χ0) is 17.3. The molecule has 0 saturated carbocycles. The largest absolute Gasteiger partial charge is 0.504 e. The number of aromatic hydroxyl groups is 1. The fraction of sp³-hybridized carbons (Fsp3) is 0.294. The van der Waals surface area contributed by atoms with Crippen LogP contribution in [-0.2, 0) is 9.53 Å². The summed E-state index contributed by atoms with van der Waals surface area (Å²) >= 11 is 1.50. The second-order valence-electron chi connectivity index (χ2n) is 5.26. The molecule has 2 heterocycles. The number of ether oxygens (including phenoxy) is 2. The fourth-order valence-corrected chi connectivity index (χ4v) is 3.55. The Balaban J connectivity index is 2.12. The molecule has 1 unspecified atom stereocenters. The lowest BCUT2D eigenvalue weighted by molar-refractivity contribution is -0.139. The van der Waals surface area contributed by atoms with E-state index in [9.17, 15) is 9.90 Å². The van der Waals surface area contributed by atoms with Crippen molar-refractivity contribution >= 4 is 22.9 Å². The molecule has 0 saturated heterocycles. The molecule has 24 heavy (non-hydrogen) atoms. The van der Waals surface area contributed by atoms with Crippen LogP contribution in [-0.4, -0.2) is 34.9 Å². The summed E-state index contributed by atoms with van der Waals surface area (Å²) in [5.74, 6) is 0.0177. The van der Waals surface area contributed by atoms with E-state index in [1.807, 2.05) is 16.5 Å². The Bertz CT molecular complexity index is 770. The van der Waals surface area contributed by atoms with Crippen LogP contribution in [0.2, 0.25) is 0 Å². The summed E-state index contributed by atoms with van der Waals surface area (Å²) in [6.07, 6.45) is 1.89. The summed E-state index contributed by atoms with van der Waals surface area (Å²) in [7, 11) is 1.49. The van der Waals surface area contributed by atoms with Crippen molar-refractivity contribution in [2.45, 2.75) is 19.9 Å². The van der Waals surface area contributed by atoms with Gasteiger partial charge in [0.15, 0.2) is 16.7 Å². The van der Waals surface area contributed by atoms with Gasteiger partial charge in [0.1, 0.15) is 0 Å². The molecule has 0 fully saturated rings. The van der Waals surface area contributed by atoms with Crippen LogP contribution in [0.3, 0.4) is 0 Å². The second-order valence-corrected chi connectivity index (χ2v) is 6.13. The smallest absolute Gasteiger partial charge is 0.338 e. The lowest BCUT2D eigenvalue weighted by Crippen LogP contribution is -2.34. The van der Waals surface area contributed by atoms with E-state index < -0.39 is 0 Å². The number of thioether (sulfide) groups is 1. The van der Waals surface area contributed by atoms with E-state index in [1.54, 1.807) is 32.0 Å². The Morgan fingerprint density at radius 2 is 2.25 bits per heavy atom. The van der Waals surface area contributed by atoms with Crippen LogP contribution in [0.4, 0.5) is 0 Å². The molecule has 0 aromatic heterocycles. The highest BCUT2D eigenvalue weighted by atomic mass is 32.2. The molecule has 0 aliphatic carbocycles. The molecule has 0 bridgehead atoms. The van der Waals surface area contributed by atoms with E-state index in [0.717, 1.165) is 10.7 Å². The third kappa shape index (κ3) is 2.75. The van der Waals surface area contributed by atoms with Gasteiger partial charge in [-0.1, -0.05) is 17.8 Å². The minimum absolute atomic E-state index is 0.0516. The van der Waals surface area contributed by atoms with Crippen LogP contribution in [0.25, 0.3) is 0 Å². The molecule has 0 radical (unpaired) electrons. The number of nitrogens with zero attached hydrogens (tertiary/aromatic N) is 2. The van der Waals surface area contributed by atoms with E-state index >= 15 is 0 Å². The maximum Gasteiger partial charge on any atom is 0.338 e. The number of amidine groups is 1. The summed E-state index contributed by atoms with van der Waals surface area (Å²) in [5, 5.41) is 12.6. The van der Waals surface area contributed by atoms with Crippen molar-refractivity contribution in [3.8, 4) is 11.5 Å². The van der Waals surface area contributed by atoms with Crippen molar-refractivity contribution in [2.24, 2.45) is 4.99 Å². The Morgan fingerprint density at radius 3 is 2.96 bits per heavy atom. The number of phenols is 1. The molecule has 1 aromatic carbocycles. The standard InChI is InChI=1S/C17H18N2O4S/c1-4-23-16(21)14-10(2)18-17-19(7-8-24-17)15(14)11-5-6-12(20)13(9-11)22-3/h5-9,15,20H,4H2,1-3H3. The second kappa shape index (κ2) is 6.60. The Labute approximate surface area is 144 Å². The molecule has 1 aromatic rings. The van der Waals surface area contributed by atoms with E-state index in [4.69, 9.17) is 9.47 Å². The minimum Gasteiger partial charge on any atom is -0.504 e. The first-order valence-electron chi connectivity index (χ1n) is 7.52. The zero-order valence-electron chi connectivity index (χ0n) is 13.6. The lowest BCUT2D eigenvalue weighted by Gasteiger charge is -2.33. The van der Waals surface area contributed by atoms with Gasteiger partial charge in [-0.15, -0.1) is 0 Å². The van der Waals surface area contributed by atoms with Gasteiger partial charge in [-0.05, 0) is 37.0 Å². The molecule has 126 valence electrons. The predicted octanol–water partition coefficient (Wildman–Crippen LogP) is 3.17. The van der Waals surface area contributed by atoms with Gasteiger partial charge in [0.2, 0.25) is 0 Å². The summed E-state index contributed by atoms with van der Waals surface area (Å²) in [6.45, 7) is 3.87. The molecule has 2 aliphatic heterocycles. The van der Waals surface area contributed by atoms with Crippen LogP contribution in [0.5, 0.6) is 11.5 Å². The molecular formula is C17H18N2O4S. The number of carbonyl (C=O) groups is 1. The number of fused-ring (bicyclic) bond motifs is 1. The van der Waals surface area contributed by atoms with Crippen LogP contribution >= 0.6 is 11.8 Å². The number of hydrogen-bond donors (Lipinski definition) is 1. The maximum absolute atomic E-state index is 12.5. The monoisotopic (exact) mass is 346 g/mol. The summed E-state index contributed by atoms with van der Waals surface area (Å²) in [5.41, 5.74) is 1.93. The number of hydrogen-bond acceptors (Lipinski definition) is 7. The van der Waals surface area contributed by atoms with Gasteiger partial charge < -0.3 is 19.5 Å².